The fourth-order valence-electron chi connectivity index (χ4n) is 11.2. The molecule has 244 valence electrons. The summed E-state index contributed by atoms with van der Waals surface area (Å²) in [4.78, 5) is 2.52. The molecule has 4 aliphatic carbocycles. The Bertz CT molecular complexity index is 2450. The van der Waals surface area contributed by atoms with Gasteiger partial charge >= 0.3 is 0 Å². The molecule has 3 bridgehead atoms. The number of rotatable bonds is 4. The highest BCUT2D eigenvalue weighted by atomic mass is 16.3. The molecule has 0 aliphatic heterocycles. The van der Waals surface area contributed by atoms with Crippen LogP contribution >= 0.6 is 0 Å². The van der Waals surface area contributed by atoms with Gasteiger partial charge in [0.25, 0.3) is 0 Å². The highest BCUT2D eigenvalue weighted by Crippen LogP contribution is 2.67. The van der Waals surface area contributed by atoms with Gasteiger partial charge in [0.05, 0.1) is 5.69 Å². The van der Waals surface area contributed by atoms with Crippen LogP contribution in [0.25, 0.3) is 44.2 Å². The first-order valence-corrected chi connectivity index (χ1v) is 18.8. The highest BCUT2D eigenvalue weighted by molar-refractivity contribution is 6.07. The maximum absolute atomic E-state index is 6.31. The minimum atomic E-state index is 0.105. The Balaban J connectivity index is 1.14. The number of aryl methyl sites for hydroxylation is 1. The van der Waals surface area contributed by atoms with Crippen molar-refractivity contribution in [2.75, 3.05) is 4.90 Å². The minimum Gasteiger partial charge on any atom is -0.456 e. The van der Waals surface area contributed by atoms with Crippen LogP contribution in [0.5, 0.6) is 0 Å². The number of benzene rings is 6. The van der Waals surface area contributed by atoms with Gasteiger partial charge in [0.15, 0.2) is 0 Å². The lowest BCUT2D eigenvalue weighted by Crippen LogP contribution is -2.50. The first kappa shape index (κ1) is 28.7. The summed E-state index contributed by atoms with van der Waals surface area (Å²) in [6.45, 7) is 2.17. The smallest absolute Gasteiger partial charge is 0.135 e. The van der Waals surface area contributed by atoms with E-state index in [9.17, 15) is 0 Å². The quantitative estimate of drug-likeness (QED) is 0.189. The van der Waals surface area contributed by atoms with Crippen molar-refractivity contribution in [1.82, 2.24) is 0 Å². The second-order valence-corrected chi connectivity index (χ2v) is 15.8. The normalized spacial score (nSPS) is 24.5. The zero-order chi connectivity index (χ0) is 33.0. The number of hydrogen-bond donors (Lipinski definition) is 0. The molecule has 0 radical (unpaired) electrons. The summed E-state index contributed by atoms with van der Waals surface area (Å²) in [5.74, 6) is 3.40. The minimum absolute atomic E-state index is 0.105. The molecule has 4 aliphatic rings. The van der Waals surface area contributed by atoms with Gasteiger partial charge in [-0.25, -0.2) is 0 Å². The van der Waals surface area contributed by atoms with E-state index in [0.717, 1.165) is 51.3 Å². The summed E-state index contributed by atoms with van der Waals surface area (Å²) in [5.41, 5.74) is 15.4. The van der Waals surface area contributed by atoms with Crippen LogP contribution in [0.4, 0.5) is 17.1 Å². The lowest BCUT2D eigenvalue weighted by atomic mass is 9.47. The fourth-order valence-corrected chi connectivity index (χ4v) is 11.2. The largest absolute Gasteiger partial charge is 0.456 e. The molecule has 50 heavy (non-hydrogen) atoms. The van der Waals surface area contributed by atoms with E-state index in [-0.39, 0.29) is 5.41 Å². The van der Waals surface area contributed by atoms with Gasteiger partial charge in [-0.3, -0.25) is 0 Å². The van der Waals surface area contributed by atoms with Crippen LogP contribution in [0.2, 0.25) is 0 Å². The monoisotopic (exact) mass is 647 g/mol. The Morgan fingerprint density at radius 1 is 0.600 bits per heavy atom. The number of anilines is 3. The predicted molar refractivity (Wildman–Crippen MR) is 206 cm³/mol. The summed E-state index contributed by atoms with van der Waals surface area (Å²) in [7, 11) is 0. The second-order valence-electron chi connectivity index (χ2n) is 15.8. The maximum Gasteiger partial charge on any atom is 0.135 e. The van der Waals surface area contributed by atoms with E-state index in [1.165, 1.54) is 77.7 Å². The van der Waals surface area contributed by atoms with Crippen molar-refractivity contribution in [2.45, 2.75) is 50.9 Å². The molecule has 6 aromatic carbocycles. The number of nitrogens with zero attached hydrogens (tertiary/aromatic N) is 1. The SMILES string of the molecule is Cc1cccc(-c2ccc(N(c3ccc4oc5ccccc5c4c3)c3cccc4c3-c3ccccc3C43CC4CCC5CC4CC3C5)cc2)c1. The van der Waals surface area contributed by atoms with E-state index in [1.807, 2.05) is 0 Å². The standard InChI is InChI=1S/C48H41NO/c1-30-8-6-9-33(24-30)32-18-20-37(21-19-32)49(38-22-23-46-41(28-38)39-10-3-5-15-45(39)50-46)44-14-7-13-43-47(44)40-11-2-4-12-42(40)48(43)29-34-17-16-31-25-35(34)27-36(48)26-31/h2-15,18-24,28,31,34-36H,16-17,25-27,29H2,1H3. The van der Waals surface area contributed by atoms with Crippen molar-refractivity contribution in [1.29, 1.82) is 0 Å². The van der Waals surface area contributed by atoms with Crippen LogP contribution in [0.3, 0.4) is 0 Å². The summed E-state index contributed by atoms with van der Waals surface area (Å²) in [5, 5.41) is 2.31. The van der Waals surface area contributed by atoms with E-state index in [4.69, 9.17) is 4.42 Å². The van der Waals surface area contributed by atoms with E-state index >= 15 is 0 Å². The van der Waals surface area contributed by atoms with E-state index < -0.39 is 0 Å². The van der Waals surface area contributed by atoms with Crippen molar-refractivity contribution in [3.8, 4) is 22.3 Å². The van der Waals surface area contributed by atoms with Crippen LogP contribution in [-0.2, 0) is 5.41 Å². The highest BCUT2D eigenvalue weighted by Gasteiger charge is 2.57. The fraction of sp³-hybridized carbons (Fsp3) is 0.250. The molecule has 2 nitrogen and oxygen atoms in total. The first-order chi connectivity index (χ1) is 24.6. The zero-order valence-electron chi connectivity index (χ0n) is 28.6. The van der Waals surface area contributed by atoms with Crippen LogP contribution in [0.1, 0.15) is 55.2 Å². The van der Waals surface area contributed by atoms with Gasteiger partial charge in [0, 0.05) is 33.1 Å². The Kier molecular flexibility index (Phi) is 6.15. The third-order valence-electron chi connectivity index (χ3n) is 13.3. The van der Waals surface area contributed by atoms with E-state index in [1.54, 1.807) is 11.1 Å². The van der Waals surface area contributed by atoms with Crippen molar-refractivity contribution >= 4 is 39.0 Å². The summed E-state index contributed by atoms with van der Waals surface area (Å²) < 4.78 is 6.31. The Morgan fingerprint density at radius 2 is 1.40 bits per heavy atom. The van der Waals surface area contributed by atoms with Crippen LogP contribution in [-0.4, -0.2) is 0 Å². The lowest BCUT2D eigenvalue weighted by Gasteiger charge is -2.57. The predicted octanol–water partition coefficient (Wildman–Crippen LogP) is 13.1. The zero-order valence-corrected chi connectivity index (χ0v) is 28.6. The van der Waals surface area contributed by atoms with Crippen molar-refractivity contribution in [3.63, 3.8) is 0 Å². The average molecular weight is 648 g/mol. The molecular formula is C48H41NO. The van der Waals surface area contributed by atoms with Crippen molar-refractivity contribution in [2.24, 2.45) is 23.7 Å². The second kappa shape index (κ2) is 10.7. The molecule has 2 heteroatoms. The number of furan rings is 1. The number of para-hydroxylation sites is 1. The summed E-state index contributed by atoms with van der Waals surface area (Å²) >= 11 is 0. The Labute approximate surface area is 294 Å². The van der Waals surface area contributed by atoms with Crippen molar-refractivity contribution < 1.29 is 4.42 Å². The van der Waals surface area contributed by atoms with Gasteiger partial charge < -0.3 is 9.32 Å². The van der Waals surface area contributed by atoms with Crippen LogP contribution in [0, 0.1) is 30.6 Å². The van der Waals surface area contributed by atoms with Gasteiger partial charge in [-0.1, -0.05) is 103 Å². The van der Waals surface area contributed by atoms with Crippen molar-refractivity contribution in [3.05, 3.63) is 150 Å². The maximum atomic E-state index is 6.31. The average Bonchev–Trinajstić information content (AvgIpc) is 3.66. The van der Waals surface area contributed by atoms with Gasteiger partial charge in [-0.15, -0.1) is 0 Å². The lowest BCUT2D eigenvalue weighted by molar-refractivity contribution is -0.0103. The molecule has 1 heterocycles. The van der Waals surface area contributed by atoms with E-state index in [0.29, 0.717) is 0 Å². The van der Waals surface area contributed by atoms with Gasteiger partial charge in [0.1, 0.15) is 11.2 Å². The van der Waals surface area contributed by atoms with Gasteiger partial charge in [0.2, 0.25) is 0 Å². The molecule has 3 fully saturated rings. The molecule has 5 unspecified atom stereocenters. The Hall–Kier alpha value is -5.08. The molecule has 5 atom stereocenters. The summed E-state index contributed by atoms with van der Waals surface area (Å²) in [6.07, 6.45) is 8.42. The van der Waals surface area contributed by atoms with Gasteiger partial charge in [-0.2, -0.15) is 0 Å². The molecular weight excluding hydrogens is 607 g/mol. The molecule has 11 rings (SSSR count). The molecule has 0 N–H and O–H groups in total. The molecule has 3 saturated carbocycles. The van der Waals surface area contributed by atoms with Gasteiger partial charge in [-0.05, 0) is 133 Å². The molecule has 7 aromatic rings. The topological polar surface area (TPSA) is 16.4 Å². The third kappa shape index (κ3) is 4.08. The molecule has 1 spiro atoms. The molecule has 0 amide bonds. The van der Waals surface area contributed by atoms with Crippen LogP contribution in [0.15, 0.2) is 138 Å². The molecule has 0 saturated heterocycles. The summed E-state index contributed by atoms with van der Waals surface area (Å²) in [6, 6.07) is 49.9. The van der Waals surface area contributed by atoms with Crippen LogP contribution < -0.4 is 4.90 Å². The number of hydrogen-bond acceptors (Lipinski definition) is 2. The van der Waals surface area contributed by atoms with E-state index in [2.05, 4.69) is 145 Å². The Morgan fingerprint density at radius 3 is 2.32 bits per heavy atom. The first-order valence-electron chi connectivity index (χ1n) is 18.8. The molecule has 1 aromatic heterocycles. The number of fused-ring (bicyclic) bond motifs is 11. The third-order valence-corrected chi connectivity index (χ3v) is 13.3.